The number of ether oxygens (including phenoxy) is 2. The predicted octanol–water partition coefficient (Wildman–Crippen LogP) is 1.95. The van der Waals surface area contributed by atoms with Crippen molar-refractivity contribution in [3.05, 3.63) is 0 Å². The van der Waals surface area contributed by atoms with Gasteiger partial charge >= 0.3 is 11.9 Å². The molecule has 94 valence electrons. The van der Waals surface area contributed by atoms with Gasteiger partial charge in [-0.3, -0.25) is 9.59 Å². The summed E-state index contributed by atoms with van der Waals surface area (Å²) in [5, 5.41) is 8.39. The Morgan fingerprint density at radius 3 is 2.19 bits per heavy atom. The minimum absolute atomic E-state index is 0.00908. The van der Waals surface area contributed by atoms with Crippen LogP contribution in [0.25, 0.3) is 0 Å². The molecule has 0 aromatic heterocycles. The summed E-state index contributed by atoms with van der Waals surface area (Å²) in [7, 11) is 0. The van der Waals surface area contributed by atoms with E-state index in [4.69, 9.17) is 14.6 Å². The normalized spacial score (nSPS) is 12.5. The monoisotopic (exact) mass is 232 g/mol. The van der Waals surface area contributed by atoms with Gasteiger partial charge in [0.05, 0.1) is 6.10 Å². The lowest BCUT2D eigenvalue weighted by molar-refractivity contribution is -0.181. The maximum absolute atomic E-state index is 11.2. The van der Waals surface area contributed by atoms with E-state index in [9.17, 15) is 9.59 Å². The topological polar surface area (TPSA) is 72.8 Å². The van der Waals surface area contributed by atoms with Crippen molar-refractivity contribution in [2.45, 2.75) is 58.8 Å². The van der Waals surface area contributed by atoms with Crippen LogP contribution < -0.4 is 0 Å². The van der Waals surface area contributed by atoms with E-state index in [2.05, 4.69) is 0 Å². The molecule has 0 aromatic rings. The highest BCUT2D eigenvalue weighted by molar-refractivity contribution is 5.69. The Morgan fingerprint density at radius 2 is 1.69 bits per heavy atom. The molecule has 0 amide bonds. The van der Waals surface area contributed by atoms with Gasteiger partial charge in [0, 0.05) is 12.8 Å². The molecule has 0 heterocycles. The smallest absolute Gasteiger partial charge is 0.308 e. The number of carbonyl (C=O) groups is 2. The lowest BCUT2D eigenvalue weighted by Crippen LogP contribution is -2.21. The predicted molar refractivity (Wildman–Crippen MR) is 57.9 cm³/mol. The van der Waals surface area contributed by atoms with Crippen LogP contribution in [0.1, 0.15) is 46.5 Å². The number of carbonyl (C=O) groups excluding carboxylic acids is 1. The summed E-state index contributed by atoms with van der Waals surface area (Å²) in [5.74, 6) is -1.19. The van der Waals surface area contributed by atoms with Crippen LogP contribution in [0.2, 0.25) is 0 Å². The number of hydrogen-bond acceptors (Lipinski definition) is 4. The Hall–Kier alpha value is -1.10. The average Bonchev–Trinajstić information content (AvgIpc) is 2.10. The SMILES string of the molecule is CC(C)OC(C)OC(=O)CCCCC(=O)O. The van der Waals surface area contributed by atoms with Crippen molar-refractivity contribution in [3.63, 3.8) is 0 Å². The first-order chi connectivity index (χ1) is 7.41. The molecule has 0 aliphatic carbocycles. The molecular weight excluding hydrogens is 212 g/mol. The molecule has 0 aliphatic rings. The summed E-state index contributed by atoms with van der Waals surface area (Å²) in [6, 6.07) is 0. The second kappa shape index (κ2) is 8.10. The van der Waals surface area contributed by atoms with E-state index in [-0.39, 0.29) is 24.9 Å². The van der Waals surface area contributed by atoms with Crippen LogP contribution in [0.15, 0.2) is 0 Å². The fourth-order valence-electron chi connectivity index (χ4n) is 1.20. The van der Waals surface area contributed by atoms with Crippen molar-refractivity contribution in [2.24, 2.45) is 0 Å². The number of rotatable bonds is 8. The quantitative estimate of drug-likeness (QED) is 0.393. The lowest BCUT2D eigenvalue weighted by atomic mass is 10.2. The summed E-state index contributed by atoms with van der Waals surface area (Å²) in [6.45, 7) is 5.38. The molecule has 1 unspecified atom stereocenters. The Bertz CT molecular complexity index is 224. The van der Waals surface area contributed by atoms with Gasteiger partial charge in [0.2, 0.25) is 0 Å². The Morgan fingerprint density at radius 1 is 1.12 bits per heavy atom. The fourth-order valence-corrected chi connectivity index (χ4v) is 1.20. The Balaban J connectivity index is 3.54. The Kier molecular flexibility index (Phi) is 7.54. The van der Waals surface area contributed by atoms with Crippen LogP contribution in [0, 0.1) is 0 Å². The second-order valence-corrected chi connectivity index (χ2v) is 3.84. The van der Waals surface area contributed by atoms with Crippen LogP contribution >= 0.6 is 0 Å². The minimum Gasteiger partial charge on any atom is -0.481 e. The molecule has 0 aromatic carbocycles. The maximum atomic E-state index is 11.2. The highest BCUT2D eigenvalue weighted by Crippen LogP contribution is 2.05. The van der Waals surface area contributed by atoms with Gasteiger partial charge < -0.3 is 14.6 Å². The molecule has 0 aliphatic heterocycles. The van der Waals surface area contributed by atoms with Gasteiger partial charge in [-0.2, -0.15) is 0 Å². The van der Waals surface area contributed by atoms with Gasteiger partial charge in [-0.05, 0) is 33.6 Å². The van der Waals surface area contributed by atoms with Crippen molar-refractivity contribution < 1.29 is 24.2 Å². The van der Waals surface area contributed by atoms with Crippen LogP contribution in [-0.4, -0.2) is 29.4 Å². The van der Waals surface area contributed by atoms with Crippen LogP contribution in [0.5, 0.6) is 0 Å². The second-order valence-electron chi connectivity index (χ2n) is 3.84. The van der Waals surface area contributed by atoms with E-state index in [1.807, 2.05) is 13.8 Å². The molecule has 1 atom stereocenters. The van der Waals surface area contributed by atoms with Gasteiger partial charge in [-0.15, -0.1) is 0 Å². The van der Waals surface area contributed by atoms with E-state index in [0.29, 0.717) is 12.8 Å². The number of aliphatic carboxylic acids is 1. The number of hydrogen-bond donors (Lipinski definition) is 1. The van der Waals surface area contributed by atoms with Gasteiger partial charge in [-0.1, -0.05) is 0 Å². The van der Waals surface area contributed by atoms with Crippen LogP contribution in [-0.2, 0) is 19.1 Å². The molecule has 0 bridgehead atoms. The highest BCUT2D eigenvalue weighted by atomic mass is 16.7. The van der Waals surface area contributed by atoms with Crippen molar-refractivity contribution in [1.82, 2.24) is 0 Å². The summed E-state index contributed by atoms with van der Waals surface area (Å²) in [4.78, 5) is 21.4. The first-order valence-electron chi connectivity index (χ1n) is 5.48. The lowest BCUT2D eigenvalue weighted by Gasteiger charge is -2.16. The summed E-state index contributed by atoms with van der Waals surface area (Å²) >= 11 is 0. The van der Waals surface area contributed by atoms with Crippen molar-refractivity contribution in [1.29, 1.82) is 0 Å². The van der Waals surface area contributed by atoms with Gasteiger partial charge in [-0.25, -0.2) is 0 Å². The third kappa shape index (κ3) is 9.45. The van der Waals surface area contributed by atoms with E-state index in [1.165, 1.54) is 0 Å². The molecule has 0 rings (SSSR count). The van der Waals surface area contributed by atoms with E-state index in [0.717, 1.165) is 0 Å². The fraction of sp³-hybridized carbons (Fsp3) is 0.818. The third-order valence-corrected chi connectivity index (χ3v) is 1.78. The summed E-state index contributed by atoms with van der Waals surface area (Å²) in [5.41, 5.74) is 0. The largest absolute Gasteiger partial charge is 0.481 e. The molecule has 0 fully saturated rings. The zero-order valence-corrected chi connectivity index (χ0v) is 10.1. The molecule has 0 radical (unpaired) electrons. The molecule has 16 heavy (non-hydrogen) atoms. The van der Waals surface area contributed by atoms with Gasteiger partial charge in [0.1, 0.15) is 0 Å². The highest BCUT2D eigenvalue weighted by Gasteiger charge is 2.10. The molecule has 0 saturated heterocycles. The molecule has 5 heteroatoms. The Labute approximate surface area is 95.7 Å². The molecular formula is C11H20O5. The van der Waals surface area contributed by atoms with Crippen molar-refractivity contribution in [2.75, 3.05) is 0 Å². The zero-order valence-electron chi connectivity index (χ0n) is 10.1. The molecule has 1 N–H and O–H groups in total. The standard InChI is InChI=1S/C11H20O5/c1-8(2)15-9(3)16-11(14)7-5-4-6-10(12)13/h8-9H,4-7H2,1-3H3,(H,12,13). The van der Waals surface area contributed by atoms with E-state index in [1.54, 1.807) is 6.92 Å². The number of carboxylic acids is 1. The average molecular weight is 232 g/mol. The van der Waals surface area contributed by atoms with Crippen LogP contribution in [0.3, 0.4) is 0 Å². The number of carboxylic acid groups (broad SMARTS) is 1. The van der Waals surface area contributed by atoms with Crippen molar-refractivity contribution in [3.8, 4) is 0 Å². The van der Waals surface area contributed by atoms with E-state index >= 15 is 0 Å². The summed E-state index contributed by atoms with van der Waals surface area (Å²) in [6.07, 6.45) is 0.801. The van der Waals surface area contributed by atoms with E-state index < -0.39 is 12.3 Å². The first-order valence-corrected chi connectivity index (χ1v) is 5.48. The molecule has 0 spiro atoms. The van der Waals surface area contributed by atoms with Gasteiger partial charge in [0.15, 0.2) is 6.29 Å². The van der Waals surface area contributed by atoms with Crippen molar-refractivity contribution >= 4 is 11.9 Å². The molecule has 5 nitrogen and oxygen atoms in total. The maximum Gasteiger partial charge on any atom is 0.308 e. The van der Waals surface area contributed by atoms with Crippen LogP contribution in [0.4, 0.5) is 0 Å². The minimum atomic E-state index is -0.843. The summed E-state index contributed by atoms with van der Waals surface area (Å²) < 4.78 is 10.2. The third-order valence-electron chi connectivity index (χ3n) is 1.78. The number of unbranched alkanes of at least 4 members (excludes halogenated alkanes) is 1. The first kappa shape index (κ1) is 14.9. The van der Waals surface area contributed by atoms with Gasteiger partial charge in [0.25, 0.3) is 0 Å². The zero-order chi connectivity index (χ0) is 12.6. The number of esters is 1. The molecule has 0 saturated carbocycles.